The Balaban J connectivity index is 1.51. The van der Waals surface area contributed by atoms with E-state index in [9.17, 15) is 18.0 Å². The third kappa shape index (κ3) is 5.02. The number of alkyl halides is 3. The zero-order valence-electron chi connectivity index (χ0n) is 14.2. The van der Waals surface area contributed by atoms with E-state index in [0.717, 1.165) is 29.7 Å². The van der Waals surface area contributed by atoms with Crippen molar-refractivity contribution in [3.8, 4) is 5.69 Å². The average Bonchev–Trinajstić information content (AvgIpc) is 3.16. The van der Waals surface area contributed by atoms with Gasteiger partial charge in [0.05, 0.1) is 22.5 Å². The molecule has 0 radical (unpaired) electrons. The summed E-state index contributed by atoms with van der Waals surface area (Å²) >= 11 is 6.98. The molecule has 0 aliphatic rings. The van der Waals surface area contributed by atoms with Crippen LogP contribution in [-0.4, -0.2) is 38.2 Å². The monoisotopic (exact) mass is 427 g/mol. The summed E-state index contributed by atoms with van der Waals surface area (Å²) in [6, 6.07) is 9.96. The van der Waals surface area contributed by atoms with Crippen LogP contribution in [0, 0.1) is 0 Å². The average molecular weight is 428 g/mol. The van der Waals surface area contributed by atoms with Crippen molar-refractivity contribution >= 4 is 29.3 Å². The smallest absolute Gasteiger partial charge is 0.350 e. The Hall–Kier alpha value is -2.59. The summed E-state index contributed by atoms with van der Waals surface area (Å²) in [4.78, 5) is 17.2. The van der Waals surface area contributed by atoms with Crippen LogP contribution >= 0.6 is 23.4 Å². The molecule has 1 N–H and O–H groups in total. The summed E-state index contributed by atoms with van der Waals surface area (Å²) in [5.41, 5.74) is -0.0312. The summed E-state index contributed by atoms with van der Waals surface area (Å²) in [6.45, 7) is 0.251. The molecule has 0 spiro atoms. The second-order valence-corrected chi connectivity index (χ2v) is 6.96. The summed E-state index contributed by atoms with van der Waals surface area (Å²) in [5.74, 6) is -0.0364. The molecule has 0 atom stereocenters. The molecule has 0 saturated heterocycles. The van der Waals surface area contributed by atoms with E-state index in [1.807, 2.05) is 18.2 Å². The number of nitrogens with zero attached hydrogens (tertiary/aromatic N) is 4. The van der Waals surface area contributed by atoms with Crippen LogP contribution in [-0.2, 0) is 6.18 Å². The highest BCUT2D eigenvalue weighted by Gasteiger charge is 2.31. The van der Waals surface area contributed by atoms with Crippen LogP contribution in [0.5, 0.6) is 0 Å². The molecular formula is C17H13ClF3N5OS. The highest BCUT2D eigenvalue weighted by molar-refractivity contribution is 7.99. The molecule has 3 rings (SSSR count). The van der Waals surface area contributed by atoms with Crippen LogP contribution in [0.25, 0.3) is 5.69 Å². The first-order chi connectivity index (χ1) is 13.3. The van der Waals surface area contributed by atoms with Crippen LogP contribution in [0.1, 0.15) is 16.1 Å². The number of halogens is 4. The van der Waals surface area contributed by atoms with E-state index in [4.69, 9.17) is 11.6 Å². The first-order valence-corrected chi connectivity index (χ1v) is 9.32. The predicted molar refractivity (Wildman–Crippen MR) is 98.7 cm³/mol. The van der Waals surface area contributed by atoms with Crippen molar-refractivity contribution in [1.29, 1.82) is 0 Å². The number of aromatic nitrogens is 4. The minimum atomic E-state index is -4.50. The van der Waals surface area contributed by atoms with Crippen LogP contribution in [0.3, 0.4) is 0 Å². The van der Waals surface area contributed by atoms with Crippen molar-refractivity contribution < 1.29 is 18.0 Å². The second-order valence-electron chi connectivity index (χ2n) is 5.47. The molecule has 28 heavy (non-hydrogen) atoms. The molecule has 2 aromatic heterocycles. The highest BCUT2D eigenvalue weighted by atomic mass is 35.5. The van der Waals surface area contributed by atoms with Crippen molar-refractivity contribution in [1.82, 2.24) is 25.3 Å². The Bertz CT molecular complexity index is 965. The second kappa shape index (κ2) is 8.61. The Kier molecular flexibility index (Phi) is 6.20. The van der Waals surface area contributed by atoms with E-state index in [2.05, 4.69) is 20.5 Å². The molecule has 0 aliphatic heterocycles. The summed E-state index contributed by atoms with van der Waals surface area (Å²) in [7, 11) is 0. The molecule has 6 nitrogen and oxygen atoms in total. The Labute approximate surface area is 167 Å². The normalized spacial score (nSPS) is 11.4. The third-order valence-corrected chi connectivity index (χ3v) is 4.88. The Morgan fingerprint density at radius 3 is 2.64 bits per heavy atom. The van der Waals surface area contributed by atoms with Gasteiger partial charge in [-0.1, -0.05) is 29.8 Å². The van der Waals surface area contributed by atoms with Crippen LogP contribution in [0.4, 0.5) is 13.2 Å². The lowest BCUT2D eigenvalue weighted by Crippen LogP contribution is -2.26. The zero-order valence-corrected chi connectivity index (χ0v) is 15.7. The summed E-state index contributed by atoms with van der Waals surface area (Å²) in [5, 5.41) is 11.0. The lowest BCUT2D eigenvalue weighted by molar-refractivity contribution is -0.137. The van der Waals surface area contributed by atoms with Crippen LogP contribution < -0.4 is 5.32 Å². The molecule has 3 aromatic rings. The topological polar surface area (TPSA) is 72.7 Å². The zero-order chi connectivity index (χ0) is 20.1. The molecule has 1 amide bonds. The number of para-hydroxylation sites is 1. The van der Waals surface area contributed by atoms with Gasteiger partial charge >= 0.3 is 6.18 Å². The number of benzene rings is 1. The van der Waals surface area contributed by atoms with Crippen LogP contribution in [0.2, 0.25) is 5.02 Å². The van der Waals surface area contributed by atoms with Crippen molar-refractivity contribution in [2.45, 2.75) is 11.2 Å². The number of thioether (sulfide) groups is 1. The molecule has 146 valence electrons. The Morgan fingerprint density at radius 1 is 1.21 bits per heavy atom. The summed E-state index contributed by atoms with van der Waals surface area (Å²) in [6.07, 6.45) is -2.41. The quantitative estimate of drug-likeness (QED) is 0.477. The molecule has 0 bridgehead atoms. The van der Waals surface area contributed by atoms with Gasteiger partial charge in [-0.3, -0.25) is 4.79 Å². The number of hydrogen-bond donors (Lipinski definition) is 1. The van der Waals surface area contributed by atoms with Crippen molar-refractivity contribution in [2.75, 3.05) is 12.3 Å². The molecule has 0 fully saturated rings. The highest BCUT2D eigenvalue weighted by Crippen LogP contribution is 2.33. The van der Waals surface area contributed by atoms with Crippen LogP contribution in [0.15, 0.2) is 53.8 Å². The lowest BCUT2D eigenvalue weighted by atomic mass is 10.3. The minimum absolute atomic E-state index is 0.0862. The fraction of sp³-hybridized carbons (Fsp3) is 0.176. The minimum Gasteiger partial charge on any atom is -0.350 e. The maximum atomic E-state index is 12.6. The van der Waals surface area contributed by atoms with Gasteiger partial charge in [-0.05, 0) is 18.2 Å². The Morgan fingerprint density at radius 2 is 1.96 bits per heavy atom. The van der Waals surface area contributed by atoms with E-state index in [1.54, 1.807) is 12.1 Å². The van der Waals surface area contributed by atoms with E-state index < -0.39 is 17.6 Å². The SMILES string of the molecule is O=C(NCCSc1ncc(C(F)(F)F)cc1Cl)c1cnn(-c2ccccc2)n1. The van der Waals surface area contributed by atoms with E-state index in [0.29, 0.717) is 5.75 Å². The number of amides is 1. The number of hydrogen-bond acceptors (Lipinski definition) is 5. The van der Waals surface area contributed by atoms with Gasteiger partial charge in [0, 0.05) is 18.5 Å². The van der Waals surface area contributed by atoms with E-state index in [1.165, 1.54) is 11.0 Å². The number of carbonyl (C=O) groups is 1. The first-order valence-electron chi connectivity index (χ1n) is 7.96. The fourth-order valence-corrected chi connectivity index (χ4v) is 3.19. The van der Waals surface area contributed by atoms with Gasteiger partial charge in [-0.25, -0.2) is 4.98 Å². The number of nitrogens with one attached hydrogen (secondary N) is 1. The number of rotatable bonds is 6. The van der Waals surface area contributed by atoms with Gasteiger partial charge < -0.3 is 5.32 Å². The van der Waals surface area contributed by atoms with E-state index >= 15 is 0 Å². The molecule has 11 heteroatoms. The molecular weight excluding hydrogens is 415 g/mol. The van der Waals surface area contributed by atoms with E-state index in [-0.39, 0.29) is 22.3 Å². The molecule has 1 aromatic carbocycles. The third-order valence-electron chi connectivity index (χ3n) is 3.47. The van der Waals surface area contributed by atoms with Gasteiger partial charge in [-0.15, -0.1) is 16.9 Å². The van der Waals surface area contributed by atoms with Gasteiger partial charge in [0.2, 0.25) is 0 Å². The first kappa shape index (κ1) is 20.2. The standard InChI is InChI=1S/C17H13ClF3N5OS/c18-13-8-11(17(19,20)21)9-23-16(13)28-7-6-22-15(27)14-10-24-26(25-14)12-4-2-1-3-5-12/h1-5,8-10H,6-7H2,(H,22,27). The van der Waals surface area contributed by atoms with Gasteiger partial charge in [-0.2, -0.15) is 23.1 Å². The maximum absolute atomic E-state index is 12.6. The predicted octanol–water partition coefficient (Wildman–Crippen LogP) is 3.86. The molecule has 2 heterocycles. The maximum Gasteiger partial charge on any atom is 0.417 e. The van der Waals surface area contributed by atoms with Gasteiger partial charge in [0.25, 0.3) is 5.91 Å². The fourth-order valence-electron chi connectivity index (χ4n) is 2.14. The van der Waals surface area contributed by atoms with Crippen molar-refractivity contribution in [3.05, 3.63) is 65.1 Å². The van der Waals surface area contributed by atoms with Crippen molar-refractivity contribution in [2.24, 2.45) is 0 Å². The molecule has 0 aliphatic carbocycles. The van der Waals surface area contributed by atoms with Gasteiger partial charge in [0.15, 0.2) is 5.69 Å². The number of pyridine rings is 1. The number of carbonyl (C=O) groups excluding carboxylic acids is 1. The largest absolute Gasteiger partial charge is 0.417 e. The molecule has 0 unspecified atom stereocenters. The lowest BCUT2D eigenvalue weighted by Gasteiger charge is -2.09. The van der Waals surface area contributed by atoms with Gasteiger partial charge in [0.1, 0.15) is 5.03 Å². The van der Waals surface area contributed by atoms with Crippen molar-refractivity contribution in [3.63, 3.8) is 0 Å². The summed E-state index contributed by atoms with van der Waals surface area (Å²) < 4.78 is 37.8. The molecule has 0 saturated carbocycles.